The number of aliphatic hydroxyl groups is 1. The van der Waals surface area contributed by atoms with Gasteiger partial charge in [0.05, 0.1) is 29.4 Å². The van der Waals surface area contributed by atoms with Gasteiger partial charge in [0.25, 0.3) is 0 Å². The molecule has 0 aliphatic carbocycles. The van der Waals surface area contributed by atoms with Crippen molar-refractivity contribution in [3.05, 3.63) is 28.8 Å². The molecular weight excluding hydrogens is 563 g/mol. The molecule has 3 aliphatic heterocycles. The van der Waals surface area contributed by atoms with Crippen molar-refractivity contribution in [3.63, 3.8) is 0 Å². The molecule has 0 bridgehead atoms. The van der Waals surface area contributed by atoms with Crippen molar-refractivity contribution in [1.82, 2.24) is 25.2 Å². The zero-order chi connectivity index (χ0) is 30.2. The Morgan fingerprint density at radius 1 is 1.14 bits per heavy atom. The van der Waals surface area contributed by atoms with Crippen molar-refractivity contribution in [1.29, 1.82) is 0 Å². The van der Waals surface area contributed by atoms with Gasteiger partial charge in [-0.3, -0.25) is 0 Å². The molecule has 226 valence electrons. The van der Waals surface area contributed by atoms with E-state index in [1.807, 2.05) is 23.9 Å². The summed E-state index contributed by atoms with van der Waals surface area (Å²) in [6.07, 6.45) is -6.29. The van der Waals surface area contributed by atoms with E-state index in [-0.39, 0.29) is 41.4 Å². The average Bonchev–Trinajstić information content (AvgIpc) is 3.28. The number of nitrogens with zero attached hydrogens (tertiary/aromatic N) is 6. The second-order valence-corrected chi connectivity index (χ2v) is 11.3. The number of pyridine rings is 1. The Morgan fingerprint density at radius 3 is 2.55 bits per heavy atom. The highest BCUT2D eigenvalue weighted by molar-refractivity contribution is 5.98. The van der Waals surface area contributed by atoms with E-state index >= 15 is 4.39 Å². The van der Waals surface area contributed by atoms with Gasteiger partial charge in [-0.05, 0) is 39.6 Å². The summed E-state index contributed by atoms with van der Waals surface area (Å²) < 4.78 is 80.2. The Labute approximate surface area is 238 Å². The maximum atomic E-state index is 16.6. The van der Waals surface area contributed by atoms with Crippen LogP contribution in [-0.4, -0.2) is 96.1 Å². The zero-order valence-corrected chi connectivity index (χ0v) is 23.4. The number of aliphatic hydroxyl groups excluding tert-OH is 1. The first kappa shape index (κ1) is 28.6. The minimum atomic E-state index is -5.04. The Balaban J connectivity index is 1.65. The Bertz CT molecular complexity index is 1570. The van der Waals surface area contributed by atoms with Crippen LogP contribution in [-0.2, 0) is 6.18 Å². The van der Waals surface area contributed by atoms with Crippen LogP contribution in [0.3, 0.4) is 0 Å². The van der Waals surface area contributed by atoms with E-state index in [0.717, 1.165) is 13.0 Å². The molecule has 2 aromatic heterocycles. The molecule has 4 atom stereocenters. The monoisotopic (exact) mass is 594 g/mol. The van der Waals surface area contributed by atoms with Gasteiger partial charge >= 0.3 is 6.18 Å². The van der Waals surface area contributed by atoms with E-state index in [0.29, 0.717) is 32.0 Å². The van der Waals surface area contributed by atoms with Crippen molar-refractivity contribution >= 4 is 28.4 Å². The van der Waals surface area contributed by atoms with Gasteiger partial charge in [-0.15, -0.1) is 0 Å². The quantitative estimate of drug-likeness (QED) is 0.309. The number of aromatic nitrogens is 3. The number of piperazine rings is 1. The number of hydrogen-bond donors (Lipinski definition) is 3. The van der Waals surface area contributed by atoms with Crippen LogP contribution in [0.25, 0.3) is 22.2 Å². The van der Waals surface area contributed by atoms with Gasteiger partial charge in [0, 0.05) is 38.3 Å². The summed E-state index contributed by atoms with van der Waals surface area (Å²) in [7, 11) is 3.66. The molecule has 10 nitrogen and oxygen atoms in total. The van der Waals surface area contributed by atoms with Crippen molar-refractivity contribution in [3.8, 4) is 17.1 Å². The minimum absolute atomic E-state index is 0.112. The van der Waals surface area contributed by atoms with Crippen LogP contribution in [0.15, 0.2) is 6.07 Å². The number of nitrogens with one attached hydrogen (secondary N) is 1. The predicted molar refractivity (Wildman–Crippen MR) is 147 cm³/mol. The second kappa shape index (κ2) is 10.0. The van der Waals surface area contributed by atoms with E-state index in [1.165, 1.54) is 0 Å². The molecule has 0 radical (unpaired) electrons. The molecule has 0 saturated carbocycles. The fourth-order valence-electron chi connectivity index (χ4n) is 6.20. The number of nitrogens with two attached hydrogens (primary N) is 1. The smallest absolute Gasteiger partial charge is 0.417 e. The van der Waals surface area contributed by atoms with Gasteiger partial charge in [0.1, 0.15) is 34.3 Å². The third kappa shape index (κ3) is 4.45. The molecule has 2 fully saturated rings. The maximum Gasteiger partial charge on any atom is 0.417 e. The lowest BCUT2D eigenvalue weighted by molar-refractivity contribution is -0.137. The Hall–Kier alpha value is -3.56. The number of ether oxygens (including phenoxy) is 1. The minimum Gasteiger partial charge on any atom is -0.472 e. The third-order valence-corrected chi connectivity index (χ3v) is 8.39. The number of rotatable bonds is 3. The summed E-state index contributed by atoms with van der Waals surface area (Å²) in [5, 5.41) is 14.1. The van der Waals surface area contributed by atoms with Crippen LogP contribution in [0.2, 0.25) is 0 Å². The number of benzene rings is 1. The van der Waals surface area contributed by atoms with E-state index in [4.69, 9.17) is 15.5 Å². The molecule has 1 aromatic carbocycles. The lowest BCUT2D eigenvalue weighted by atomic mass is 9.96. The molecule has 15 heteroatoms. The zero-order valence-electron chi connectivity index (χ0n) is 23.4. The molecule has 4 N–H and O–H groups in total. The van der Waals surface area contributed by atoms with Gasteiger partial charge in [-0.25, -0.2) is 18.7 Å². The summed E-state index contributed by atoms with van der Waals surface area (Å²) in [5.74, 6) is -2.07. The van der Waals surface area contributed by atoms with E-state index in [9.17, 15) is 22.7 Å². The van der Waals surface area contributed by atoms with Gasteiger partial charge in [-0.2, -0.15) is 18.2 Å². The molecular formula is C27H31F5N8O2. The molecule has 2 saturated heterocycles. The molecule has 0 spiro atoms. The van der Waals surface area contributed by atoms with Crippen LogP contribution < -0.4 is 25.6 Å². The van der Waals surface area contributed by atoms with Crippen molar-refractivity contribution in [2.45, 2.75) is 44.3 Å². The first-order valence-electron chi connectivity index (χ1n) is 13.6. The van der Waals surface area contributed by atoms with Crippen molar-refractivity contribution in [2.75, 3.05) is 62.4 Å². The normalized spacial score (nSPS) is 24.3. The number of nitrogen functional groups attached to an aromatic ring is 1. The van der Waals surface area contributed by atoms with Gasteiger partial charge < -0.3 is 35.6 Å². The lowest BCUT2D eigenvalue weighted by Gasteiger charge is -2.38. The SMILES string of the molecule is Cc1c(F)c(N)cc(-c2nc3c4c(nc(N5CC(N(C)C)[C@@H](O)C5)nc4c2F)N2CCNC[C@H]2[C@H](C)O3)c1C(F)(F)F. The Morgan fingerprint density at radius 2 is 1.88 bits per heavy atom. The van der Waals surface area contributed by atoms with Crippen LogP contribution >= 0.6 is 0 Å². The first-order valence-corrected chi connectivity index (χ1v) is 13.6. The van der Waals surface area contributed by atoms with Crippen LogP contribution in [0.4, 0.5) is 39.4 Å². The molecule has 42 heavy (non-hydrogen) atoms. The standard InChI is InChI=1S/C27H31F5N8O2/c1-11-19(27(30,31)32)13(7-14(33)20(11)28)22-21(29)23-18-24(37-26(36-23)39-9-16(38(3)4)17(41)10-39)40-6-5-34-8-15(40)12(2)42-25(18)35-22/h7,12,15-17,34,41H,5-6,8-10,33H2,1-4H3/t12-,15-,16?,17-/m0/s1. The summed E-state index contributed by atoms with van der Waals surface area (Å²) in [6.45, 7) is 4.87. The molecule has 3 aliphatic rings. The fraction of sp³-hybridized carbons (Fsp3) is 0.519. The highest BCUT2D eigenvalue weighted by Gasteiger charge is 2.42. The number of β-amino-alcohol motifs (C(OH)–C–C–N with tert-alkyl or cyclic N) is 1. The average molecular weight is 595 g/mol. The molecule has 6 rings (SSSR count). The number of hydrogen-bond acceptors (Lipinski definition) is 10. The van der Waals surface area contributed by atoms with Gasteiger partial charge in [-0.1, -0.05) is 0 Å². The number of alkyl halides is 3. The van der Waals surface area contributed by atoms with E-state index in [1.54, 1.807) is 11.8 Å². The molecule has 0 amide bonds. The molecule has 1 unspecified atom stereocenters. The van der Waals surface area contributed by atoms with E-state index in [2.05, 4.69) is 15.3 Å². The summed E-state index contributed by atoms with van der Waals surface area (Å²) in [5.41, 5.74) is 1.26. The third-order valence-electron chi connectivity index (χ3n) is 8.39. The first-order chi connectivity index (χ1) is 19.8. The fourth-order valence-corrected chi connectivity index (χ4v) is 6.20. The van der Waals surface area contributed by atoms with Crippen LogP contribution in [0.1, 0.15) is 18.1 Å². The summed E-state index contributed by atoms with van der Waals surface area (Å²) in [6, 6.07) is 0.245. The topological polar surface area (TPSA) is 116 Å². The molecule has 3 aromatic rings. The van der Waals surface area contributed by atoms with Gasteiger partial charge in [0.15, 0.2) is 5.82 Å². The highest BCUT2D eigenvalue weighted by Crippen LogP contribution is 2.46. The van der Waals surface area contributed by atoms with Crippen molar-refractivity contribution < 1.29 is 31.8 Å². The van der Waals surface area contributed by atoms with Crippen LogP contribution in [0.5, 0.6) is 5.88 Å². The van der Waals surface area contributed by atoms with E-state index < -0.39 is 58.1 Å². The number of anilines is 3. The van der Waals surface area contributed by atoms with Gasteiger partial charge in [0.2, 0.25) is 11.8 Å². The number of fused-ring (bicyclic) bond motifs is 2. The largest absolute Gasteiger partial charge is 0.472 e. The molecule has 5 heterocycles. The Kier molecular flexibility index (Phi) is 6.81. The highest BCUT2D eigenvalue weighted by atomic mass is 19.4. The summed E-state index contributed by atoms with van der Waals surface area (Å²) in [4.78, 5) is 19.1. The van der Waals surface area contributed by atoms with Crippen LogP contribution in [0, 0.1) is 18.6 Å². The van der Waals surface area contributed by atoms with Crippen molar-refractivity contribution in [2.24, 2.45) is 0 Å². The number of likely N-dealkylation sites (N-methyl/N-ethyl adjacent to an activating group) is 1. The summed E-state index contributed by atoms with van der Waals surface area (Å²) >= 11 is 0. The number of halogens is 5. The predicted octanol–water partition coefficient (Wildman–Crippen LogP) is 2.55. The lowest BCUT2D eigenvalue weighted by Crippen LogP contribution is -2.56. The maximum absolute atomic E-state index is 16.6. The second-order valence-electron chi connectivity index (χ2n) is 11.3.